The maximum atomic E-state index is 13.6. The Labute approximate surface area is 236 Å². The second kappa shape index (κ2) is 15.8. The van der Waals surface area contributed by atoms with Crippen LogP contribution in [-0.2, 0) is 38.8 Å². The number of carbonyl (C=O) groups excluding carboxylic acids is 2. The maximum absolute atomic E-state index is 13.6. The molecular weight excluding hydrogens is 540 g/mol. The van der Waals surface area contributed by atoms with E-state index in [0.717, 1.165) is 54.8 Å². The van der Waals surface area contributed by atoms with Crippen LogP contribution in [0.5, 0.6) is 0 Å². The largest absolute Gasteiger partial charge is 0.390 e. The van der Waals surface area contributed by atoms with Crippen LogP contribution < -0.4 is 5.73 Å². The molecule has 3 N–H and O–H groups in total. The quantitative estimate of drug-likeness (QED) is 0.294. The smallest absolute Gasteiger partial charge is 0.242 e. The summed E-state index contributed by atoms with van der Waals surface area (Å²) < 4.78 is 50.8. The number of hydrogen-bond acceptors (Lipinski definition) is 6. The zero-order chi connectivity index (χ0) is 29.9. The third-order valence-electron chi connectivity index (χ3n) is 6.52. The van der Waals surface area contributed by atoms with Gasteiger partial charge in [-0.25, -0.2) is 17.2 Å². The number of aliphatic hydroxyl groups is 1. The molecule has 0 spiro atoms. The van der Waals surface area contributed by atoms with E-state index in [2.05, 4.69) is 0 Å². The van der Waals surface area contributed by atoms with Gasteiger partial charge in [-0.3, -0.25) is 9.59 Å². The molecule has 0 aliphatic heterocycles. The summed E-state index contributed by atoms with van der Waals surface area (Å²) in [6.45, 7) is 3.78. The van der Waals surface area contributed by atoms with E-state index >= 15 is 0 Å². The van der Waals surface area contributed by atoms with E-state index in [1.54, 1.807) is 0 Å². The molecule has 2 atom stereocenters. The van der Waals surface area contributed by atoms with Gasteiger partial charge in [0.05, 0.1) is 12.6 Å². The summed E-state index contributed by atoms with van der Waals surface area (Å²) in [7, 11) is -3.60. The number of amides is 2. The number of halogens is 2. The van der Waals surface area contributed by atoms with E-state index in [-0.39, 0.29) is 38.2 Å². The average Bonchev–Trinajstić information content (AvgIpc) is 2.86. The van der Waals surface area contributed by atoms with Gasteiger partial charge in [0.15, 0.2) is 9.84 Å². The number of carbonyl (C=O) groups is 2. The zero-order valence-corrected chi connectivity index (χ0v) is 24.3. The molecule has 0 fully saturated rings. The van der Waals surface area contributed by atoms with Crippen LogP contribution in [0.3, 0.4) is 0 Å². The molecule has 2 rings (SSSR count). The van der Waals surface area contributed by atoms with Crippen LogP contribution >= 0.6 is 0 Å². The zero-order valence-electron chi connectivity index (χ0n) is 23.5. The van der Waals surface area contributed by atoms with Crippen molar-refractivity contribution in [2.75, 3.05) is 31.6 Å². The summed E-state index contributed by atoms with van der Waals surface area (Å²) >= 11 is 0. The van der Waals surface area contributed by atoms with Crippen molar-refractivity contribution in [2.45, 2.75) is 64.6 Å². The summed E-state index contributed by atoms with van der Waals surface area (Å²) in [5.74, 6) is -3.37. The van der Waals surface area contributed by atoms with Crippen LogP contribution in [0.25, 0.3) is 0 Å². The molecule has 0 heterocycles. The van der Waals surface area contributed by atoms with Crippen LogP contribution in [0.4, 0.5) is 8.78 Å². The molecule has 2 amide bonds. The van der Waals surface area contributed by atoms with E-state index < -0.39 is 51.2 Å². The molecule has 0 aliphatic rings. The molecule has 2 aromatic rings. The van der Waals surface area contributed by atoms with Gasteiger partial charge in [-0.1, -0.05) is 51.0 Å². The number of aryl methyl sites for hydroxylation is 1. The molecule has 222 valence electrons. The number of sulfone groups is 1. The minimum absolute atomic E-state index is 0.0286. The van der Waals surface area contributed by atoms with Gasteiger partial charge in [0.2, 0.25) is 11.8 Å². The Morgan fingerprint density at radius 3 is 2.20 bits per heavy atom. The van der Waals surface area contributed by atoms with Gasteiger partial charge < -0.3 is 20.6 Å². The predicted molar refractivity (Wildman–Crippen MR) is 151 cm³/mol. The van der Waals surface area contributed by atoms with Gasteiger partial charge in [0.25, 0.3) is 0 Å². The highest BCUT2D eigenvalue weighted by Gasteiger charge is 2.27. The monoisotopic (exact) mass is 581 g/mol. The highest BCUT2D eigenvalue weighted by molar-refractivity contribution is 7.91. The normalized spacial score (nSPS) is 13.1. The number of hydrogen-bond donors (Lipinski definition) is 2. The molecule has 11 heteroatoms. The van der Waals surface area contributed by atoms with Crippen molar-refractivity contribution in [1.29, 1.82) is 0 Å². The first-order chi connectivity index (χ1) is 18.8. The third-order valence-corrected chi connectivity index (χ3v) is 7.29. The average molecular weight is 582 g/mol. The number of rotatable bonds is 16. The number of nitrogens with two attached hydrogens (primary N) is 1. The third kappa shape index (κ3) is 11.7. The minimum atomic E-state index is -3.60. The van der Waals surface area contributed by atoms with Crippen molar-refractivity contribution < 1.29 is 31.9 Å². The first kappa shape index (κ1) is 33.3. The van der Waals surface area contributed by atoms with E-state index in [0.29, 0.717) is 6.42 Å². The molecule has 0 bridgehead atoms. The lowest BCUT2D eigenvalue weighted by atomic mass is 10.0. The summed E-state index contributed by atoms with van der Waals surface area (Å²) in [6, 6.07) is 9.68. The van der Waals surface area contributed by atoms with Gasteiger partial charge >= 0.3 is 0 Å². The van der Waals surface area contributed by atoms with Crippen molar-refractivity contribution in [3.63, 3.8) is 0 Å². The number of nitrogens with zero attached hydrogens (tertiary/aromatic N) is 2. The Morgan fingerprint density at radius 2 is 1.60 bits per heavy atom. The lowest BCUT2D eigenvalue weighted by Crippen LogP contribution is -2.50. The van der Waals surface area contributed by atoms with E-state index in [4.69, 9.17) is 5.73 Å². The van der Waals surface area contributed by atoms with Gasteiger partial charge in [-0.15, -0.1) is 0 Å². The lowest BCUT2D eigenvalue weighted by Gasteiger charge is -2.31. The molecule has 0 saturated carbocycles. The summed E-state index contributed by atoms with van der Waals surface area (Å²) in [5, 5.41) is 10.9. The standard InChI is InChI=1S/C29H41F2N3O5S/c1-4-6-7-11-33(29(37)20-40(3,38)39)19-28(36)34(17-22-10-8-9-21(5-2)12-22)18-27(35)26(32)15-23-13-24(30)16-25(31)14-23/h8-10,12-14,16,26-27,35H,4-7,11,15,17-20,32H2,1-3H3/t26-,27+/m0/s1. The second-order valence-electron chi connectivity index (χ2n) is 10.3. The van der Waals surface area contributed by atoms with Crippen molar-refractivity contribution >= 4 is 21.7 Å². The maximum Gasteiger partial charge on any atom is 0.242 e. The van der Waals surface area contributed by atoms with Crippen LogP contribution in [-0.4, -0.2) is 78.9 Å². The van der Waals surface area contributed by atoms with Crippen molar-refractivity contribution in [3.05, 3.63) is 70.8 Å². The number of aliphatic hydroxyl groups excluding tert-OH is 1. The van der Waals surface area contributed by atoms with Crippen LogP contribution in [0.15, 0.2) is 42.5 Å². The SMILES string of the molecule is CCCCCN(CC(=O)N(Cc1cccc(CC)c1)C[C@@H](O)[C@@H](N)Cc1cc(F)cc(F)c1)C(=O)CS(C)(=O)=O. The van der Waals surface area contributed by atoms with Gasteiger partial charge in [-0.2, -0.15) is 0 Å². The molecule has 8 nitrogen and oxygen atoms in total. The van der Waals surface area contributed by atoms with Gasteiger partial charge in [0.1, 0.15) is 17.4 Å². The Morgan fingerprint density at radius 1 is 0.950 bits per heavy atom. The fraction of sp³-hybridized carbons (Fsp3) is 0.517. The van der Waals surface area contributed by atoms with Gasteiger partial charge in [0, 0.05) is 38.0 Å². The van der Waals surface area contributed by atoms with Crippen molar-refractivity contribution in [1.82, 2.24) is 9.80 Å². The molecule has 0 unspecified atom stereocenters. The molecule has 0 radical (unpaired) electrons. The molecular formula is C29H41F2N3O5S. The minimum Gasteiger partial charge on any atom is -0.390 e. The Kier molecular flexibility index (Phi) is 13.1. The van der Waals surface area contributed by atoms with Crippen LogP contribution in [0.1, 0.15) is 49.8 Å². The summed E-state index contributed by atoms with van der Waals surface area (Å²) in [6.07, 6.45) is 2.76. The van der Waals surface area contributed by atoms with E-state index in [1.165, 1.54) is 9.80 Å². The predicted octanol–water partition coefficient (Wildman–Crippen LogP) is 2.85. The van der Waals surface area contributed by atoms with Gasteiger partial charge in [-0.05, 0) is 48.1 Å². The fourth-order valence-electron chi connectivity index (χ4n) is 4.34. The Bertz CT molecular complexity index is 1220. The Balaban J connectivity index is 2.26. The molecule has 40 heavy (non-hydrogen) atoms. The van der Waals surface area contributed by atoms with Crippen LogP contribution in [0.2, 0.25) is 0 Å². The molecule has 0 aromatic heterocycles. The lowest BCUT2D eigenvalue weighted by molar-refractivity contribution is -0.140. The molecule has 0 saturated heterocycles. The number of benzene rings is 2. The first-order valence-corrected chi connectivity index (χ1v) is 15.6. The van der Waals surface area contributed by atoms with Crippen molar-refractivity contribution in [2.24, 2.45) is 5.73 Å². The van der Waals surface area contributed by atoms with Crippen molar-refractivity contribution in [3.8, 4) is 0 Å². The first-order valence-electron chi connectivity index (χ1n) is 13.5. The second-order valence-corrected chi connectivity index (χ2v) is 12.4. The summed E-state index contributed by atoms with van der Waals surface area (Å²) in [5.41, 5.74) is 8.30. The topological polar surface area (TPSA) is 121 Å². The number of unbranched alkanes of at least 4 members (excludes halogenated alkanes) is 2. The van der Waals surface area contributed by atoms with E-state index in [1.807, 2.05) is 38.1 Å². The highest BCUT2D eigenvalue weighted by atomic mass is 32.2. The molecule has 2 aromatic carbocycles. The fourth-order valence-corrected chi connectivity index (χ4v) is 4.98. The van der Waals surface area contributed by atoms with Crippen LogP contribution in [0, 0.1) is 11.6 Å². The Hall–Kier alpha value is -2.89. The summed E-state index contributed by atoms with van der Waals surface area (Å²) in [4.78, 5) is 29.0. The highest BCUT2D eigenvalue weighted by Crippen LogP contribution is 2.14. The van der Waals surface area contributed by atoms with E-state index in [9.17, 15) is 31.9 Å². The molecule has 0 aliphatic carbocycles.